The first kappa shape index (κ1) is 16.3. The second-order valence-corrected chi connectivity index (χ2v) is 6.66. The normalized spacial score (nSPS) is 22.4. The van der Waals surface area contributed by atoms with Gasteiger partial charge in [-0.05, 0) is 57.3 Å². The van der Waals surface area contributed by atoms with Gasteiger partial charge in [0.1, 0.15) is 5.75 Å². The van der Waals surface area contributed by atoms with E-state index in [4.69, 9.17) is 4.74 Å². The van der Waals surface area contributed by atoms with Gasteiger partial charge in [0.05, 0.1) is 11.7 Å². The Bertz CT molecular complexity index is 528. The van der Waals surface area contributed by atoms with E-state index < -0.39 is 0 Å². The van der Waals surface area contributed by atoms with E-state index in [-0.39, 0.29) is 12.0 Å². The van der Waals surface area contributed by atoms with Crippen LogP contribution in [0.15, 0.2) is 24.3 Å². The van der Waals surface area contributed by atoms with Gasteiger partial charge in [0.15, 0.2) is 0 Å². The van der Waals surface area contributed by atoms with Crippen molar-refractivity contribution < 1.29 is 9.53 Å². The summed E-state index contributed by atoms with van der Waals surface area (Å²) in [5.74, 6) is 0.715. The first-order valence-electron chi connectivity index (χ1n) is 9.06. The Balaban J connectivity index is 1.59. The molecule has 1 amide bonds. The minimum absolute atomic E-state index is 0.0125. The zero-order valence-electron chi connectivity index (χ0n) is 14.1. The van der Waals surface area contributed by atoms with Crippen molar-refractivity contribution in [3.8, 4) is 5.75 Å². The number of ether oxygens (including phenoxy) is 1. The molecule has 1 heterocycles. The van der Waals surface area contributed by atoms with Crippen molar-refractivity contribution in [1.82, 2.24) is 10.2 Å². The van der Waals surface area contributed by atoms with Gasteiger partial charge in [-0.3, -0.25) is 9.69 Å². The maximum absolute atomic E-state index is 12.6. The summed E-state index contributed by atoms with van der Waals surface area (Å²) >= 11 is 0. The van der Waals surface area contributed by atoms with Gasteiger partial charge in [0, 0.05) is 12.6 Å². The van der Waals surface area contributed by atoms with Crippen LogP contribution in [0.5, 0.6) is 5.75 Å². The van der Waals surface area contributed by atoms with Crippen LogP contribution in [0, 0.1) is 0 Å². The highest BCUT2D eigenvalue weighted by molar-refractivity contribution is 5.96. The molecule has 2 aliphatic rings. The Morgan fingerprint density at radius 2 is 2.04 bits per heavy atom. The zero-order valence-corrected chi connectivity index (χ0v) is 14.1. The highest BCUT2D eigenvalue weighted by Gasteiger charge is 2.24. The Hall–Kier alpha value is -1.55. The van der Waals surface area contributed by atoms with E-state index >= 15 is 0 Å². The van der Waals surface area contributed by atoms with E-state index in [9.17, 15) is 4.79 Å². The second-order valence-electron chi connectivity index (χ2n) is 6.66. The number of carbonyl (C=O) groups excluding carboxylic acids is 1. The largest absolute Gasteiger partial charge is 0.490 e. The fourth-order valence-corrected chi connectivity index (χ4v) is 3.44. The molecule has 0 radical (unpaired) electrons. The fourth-order valence-electron chi connectivity index (χ4n) is 3.44. The molecule has 2 fully saturated rings. The maximum Gasteiger partial charge on any atom is 0.255 e. The summed E-state index contributed by atoms with van der Waals surface area (Å²) in [7, 11) is 0. The number of nitrogens with zero attached hydrogens (tertiary/aromatic N) is 1. The highest BCUT2D eigenvalue weighted by atomic mass is 16.5. The molecular formula is C19H28N2O2. The number of carbonyl (C=O) groups is 1. The molecule has 126 valence electrons. The number of hydrogen-bond donors (Lipinski definition) is 1. The lowest BCUT2D eigenvalue weighted by Crippen LogP contribution is -2.46. The lowest BCUT2D eigenvalue weighted by Gasteiger charge is -2.35. The van der Waals surface area contributed by atoms with E-state index in [1.807, 2.05) is 24.3 Å². The lowest BCUT2D eigenvalue weighted by atomic mass is 9.96. The Morgan fingerprint density at radius 1 is 1.22 bits per heavy atom. The third-order valence-corrected chi connectivity index (χ3v) is 5.13. The minimum Gasteiger partial charge on any atom is -0.490 e. The van der Waals surface area contributed by atoms with Crippen molar-refractivity contribution in [3.63, 3.8) is 0 Å². The molecule has 0 spiro atoms. The molecule has 4 nitrogen and oxygen atoms in total. The molecule has 0 aromatic heterocycles. The summed E-state index contributed by atoms with van der Waals surface area (Å²) in [5.41, 5.74) is 0.665. The van der Waals surface area contributed by atoms with Gasteiger partial charge >= 0.3 is 0 Å². The summed E-state index contributed by atoms with van der Waals surface area (Å²) in [6.07, 6.45) is 7.43. The molecule has 1 aliphatic carbocycles. The molecule has 1 aromatic rings. The van der Waals surface area contributed by atoms with Crippen molar-refractivity contribution >= 4 is 5.91 Å². The monoisotopic (exact) mass is 316 g/mol. The zero-order chi connectivity index (χ0) is 16.1. The number of nitrogens with one attached hydrogen (secondary N) is 1. The van der Waals surface area contributed by atoms with Crippen LogP contribution in [0.25, 0.3) is 0 Å². The smallest absolute Gasteiger partial charge is 0.255 e. The SMILES string of the molecule is CCN1CCCCC1CNC(=O)c1ccccc1OC1CCC1. The minimum atomic E-state index is -0.0125. The molecule has 1 saturated heterocycles. The third-order valence-electron chi connectivity index (χ3n) is 5.13. The summed E-state index contributed by atoms with van der Waals surface area (Å²) < 4.78 is 5.97. The molecule has 1 atom stereocenters. The van der Waals surface area contributed by atoms with E-state index in [1.165, 1.54) is 25.7 Å². The second kappa shape index (κ2) is 7.82. The summed E-state index contributed by atoms with van der Waals surface area (Å²) in [6.45, 7) is 5.13. The van der Waals surface area contributed by atoms with Crippen LogP contribution in [0.2, 0.25) is 0 Å². The number of likely N-dealkylation sites (tertiary alicyclic amines) is 1. The number of likely N-dealkylation sites (N-methyl/N-ethyl adjacent to an activating group) is 1. The maximum atomic E-state index is 12.6. The van der Waals surface area contributed by atoms with E-state index in [2.05, 4.69) is 17.1 Å². The average molecular weight is 316 g/mol. The number of rotatable bonds is 6. The standard InChI is InChI=1S/C19H28N2O2/c1-2-21-13-6-5-8-15(21)14-20-19(22)17-11-3-4-12-18(17)23-16-9-7-10-16/h3-4,11-12,15-16H,2,5-10,13-14H2,1H3,(H,20,22). The number of hydrogen-bond acceptors (Lipinski definition) is 3. The predicted octanol–water partition coefficient (Wildman–Crippen LogP) is 3.22. The molecule has 3 rings (SSSR count). The van der Waals surface area contributed by atoms with Crippen molar-refractivity contribution in [2.45, 2.75) is 57.6 Å². The first-order valence-corrected chi connectivity index (χ1v) is 9.06. The van der Waals surface area contributed by atoms with Crippen LogP contribution >= 0.6 is 0 Å². The molecule has 1 unspecified atom stereocenters. The summed E-state index contributed by atoms with van der Waals surface area (Å²) in [5, 5.41) is 3.12. The quantitative estimate of drug-likeness (QED) is 0.876. The van der Waals surface area contributed by atoms with Gasteiger partial charge in [-0.25, -0.2) is 0 Å². The number of para-hydroxylation sites is 1. The third kappa shape index (κ3) is 4.05. The first-order chi connectivity index (χ1) is 11.3. The molecule has 1 N–H and O–H groups in total. The van der Waals surface area contributed by atoms with Crippen molar-refractivity contribution in [2.24, 2.45) is 0 Å². The van der Waals surface area contributed by atoms with Gasteiger partial charge in [0.25, 0.3) is 5.91 Å². The Labute approximate surface area is 139 Å². The molecule has 0 bridgehead atoms. The molecule has 1 aliphatic heterocycles. The summed E-state index contributed by atoms with van der Waals surface area (Å²) in [6, 6.07) is 8.08. The number of amides is 1. The van der Waals surface area contributed by atoms with Gasteiger partial charge in [0.2, 0.25) is 0 Å². The fraction of sp³-hybridized carbons (Fsp3) is 0.632. The van der Waals surface area contributed by atoms with Crippen LogP contribution in [0.4, 0.5) is 0 Å². The molecule has 23 heavy (non-hydrogen) atoms. The van der Waals surface area contributed by atoms with Crippen LogP contribution in [-0.4, -0.2) is 42.6 Å². The van der Waals surface area contributed by atoms with Crippen LogP contribution in [-0.2, 0) is 0 Å². The highest BCUT2D eigenvalue weighted by Crippen LogP contribution is 2.27. The lowest BCUT2D eigenvalue weighted by molar-refractivity contribution is 0.0895. The molecule has 1 aromatic carbocycles. The Morgan fingerprint density at radius 3 is 2.78 bits per heavy atom. The molecule has 4 heteroatoms. The summed E-state index contributed by atoms with van der Waals surface area (Å²) in [4.78, 5) is 15.1. The van der Waals surface area contributed by atoms with E-state index in [0.717, 1.165) is 38.2 Å². The van der Waals surface area contributed by atoms with E-state index in [1.54, 1.807) is 0 Å². The average Bonchev–Trinajstić information content (AvgIpc) is 2.56. The number of benzene rings is 1. The van der Waals surface area contributed by atoms with Crippen LogP contribution in [0.1, 0.15) is 55.8 Å². The molecular weight excluding hydrogens is 288 g/mol. The van der Waals surface area contributed by atoms with Crippen molar-refractivity contribution in [3.05, 3.63) is 29.8 Å². The van der Waals surface area contributed by atoms with Gasteiger partial charge in [-0.2, -0.15) is 0 Å². The Kier molecular flexibility index (Phi) is 5.55. The number of piperidine rings is 1. The van der Waals surface area contributed by atoms with Crippen molar-refractivity contribution in [2.75, 3.05) is 19.6 Å². The van der Waals surface area contributed by atoms with Gasteiger partial charge < -0.3 is 10.1 Å². The van der Waals surface area contributed by atoms with E-state index in [0.29, 0.717) is 11.6 Å². The van der Waals surface area contributed by atoms with Gasteiger partial charge in [-0.15, -0.1) is 0 Å². The van der Waals surface area contributed by atoms with Crippen molar-refractivity contribution in [1.29, 1.82) is 0 Å². The van der Waals surface area contributed by atoms with Crippen LogP contribution < -0.4 is 10.1 Å². The molecule has 1 saturated carbocycles. The predicted molar refractivity (Wildman–Crippen MR) is 91.9 cm³/mol. The van der Waals surface area contributed by atoms with Gasteiger partial charge in [-0.1, -0.05) is 25.5 Å². The topological polar surface area (TPSA) is 41.6 Å². The van der Waals surface area contributed by atoms with Crippen LogP contribution in [0.3, 0.4) is 0 Å².